The number of benzene rings is 2. The zero-order valence-electron chi connectivity index (χ0n) is 23.6. The Bertz CT molecular complexity index is 1560. The molecular weight excluding hydrogens is 529 g/mol. The second-order valence-corrected chi connectivity index (χ2v) is 10.8. The third kappa shape index (κ3) is 5.87. The summed E-state index contributed by atoms with van der Waals surface area (Å²) in [5, 5.41) is 13.7. The van der Waals surface area contributed by atoms with Crippen molar-refractivity contribution < 1.29 is 18.0 Å². The molecule has 10 heteroatoms. The van der Waals surface area contributed by atoms with Gasteiger partial charge in [0.15, 0.2) is 0 Å². The SMILES string of the molecule is C=CC(=O)N1CCC(c2c3ccc(-c4ccccc4C(F)(F)F)cc3nn2C(C)CCNc2cc(C)nn2C)CC1. The van der Waals surface area contributed by atoms with Crippen molar-refractivity contribution in [2.45, 2.75) is 51.2 Å². The molecule has 0 saturated carbocycles. The first-order chi connectivity index (χ1) is 19.6. The second kappa shape index (κ2) is 11.4. The van der Waals surface area contributed by atoms with Gasteiger partial charge in [0, 0.05) is 49.7 Å². The van der Waals surface area contributed by atoms with Gasteiger partial charge in [0.05, 0.1) is 22.8 Å². The third-order valence-electron chi connectivity index (χ3n) is 7.94. The molecule has 1 saturated heterocycles. The molecule has 5 rings (SSSR count). The molecule has 7 nitrogen and oxygen atoms in total. The van der Waals surface area contributed by atoms with Gasteiger partial charge < -0.3 is 10.2 Å². The lowest BCUT2D eigenvalue weighted by Gasteiger charge is -2.32. The van der Waals surface area contributed by atoms with Gasteiger partial charge in [-0.2, -0.15) is 23.4 Å². The number of aromatic nitrogens is 4. The van der Waals surface area contributed by atoms with Crippen LogP contribution in [0.15, 0.2) is 61.2 Å². The number of amides is 1. The Kier molecular flexibility index (Phi) is 7.93. The number of nitrogens with one attached hydrogen (secondary N) is 1. The molecule has 1 atom stereocenters. The Morgan fingerprint density at radius 1 is 1.15 bits per heavy atom. The molecule has 1 unspecified atom stereocenters. The van der Waals surface area contributed by atoms with Crippen LogP contribution in [0.25, 0.3) is 22.0 Å². The zero-order chi connectivity index (χ0) is 29.3. The first-order valence-corrected chi connectivity index (χ1v) is 13.9. The van der Waals surface area contributed by atoms with Crippen LogP contribution in [-0.2, 0) is 18.0 Å². The number of alkyl halides is 3. The van der Waals surface area contributed by atoms with Crippen molar-refractivity contribution in [1.82, 2.24) is 24.5 Å². The van der Waals surface area contributed by atoms with Gasteiger partial charge in [-0.25, -0.2) is 0 Å². The standard InChI is InChI=1S/C31H35F3N6O/c1-5-29(41)39-16-13-22(14-17-39)30-25-11-10-23(24-8-6-7-9-26(24)31(32,33)34)19-27(25)37-40(30)21(3)12-15-35-28-18-20(2)36-38(28)4/h5-11,18-19,21-22,35H,1,12-17H2,2-4H3. The summed E-state index contributed by atoms with van der Waals surface area (Å²) in [7, 11) is 1.90. The molecule has 1 aliphatic rings. The van der Waals surface area contributed by atoms with Gasteiger partial charge in [-0.05, 0) is 62.4 Å². The highest BCUT2D eigenvalue weighted by Crippen LogP contribution is 2.40. The van der Waals surface area contributed by atoms with Gasteiger partial charge in [-0.15, -0.1) is 0 Å². The highest BCUT2D eigenvalue weighted by Gasteiger charge is 2.34. The number of carbonyl (C=O) groups excluding carboxylic acids is 1. The van der Waals surface area contributed by atoms with E-state index in [4.69, 9.17) is 5.10 Å². The van der Waals surface area contributed by atoms with Gasteiger partial charge in [-0.3, -0.25) is 14.2 Å². The van der Waals surface area contributed by atoms with E-state index in [1.165, 1.54) is 18.2 Å². The Morgan fingerprint density at radius 3 is 2.54 bits per heavy atom. The van der Waals surface area contributed by atoms with Crippen molar-refractivity contribution in [2.24, 2.45) is 7.05 Å². The molecule has 2 aromatic heterocycles. The summed E-state index contributed by atoms with van der Waals surface area (Å²) in [5.74, 6) is 1.03. The lowest BCUT2D eigenvalue weighted by atomic mass is 9.90. The van der Waals surface area contributed by atoms with Crippen LogP contribution < -0.4 is 5.32 Å². The number of fused-ring (bicyclic) bond motifs is 1. The predicted molar refractivity (Wildman–Crippen MR) is 155 cm³/mol. The van der Waals surface area contributed by atoms with Crippen LogP contribution in [0.3, 0.4) is 0 Å². The van der Waals surface area contributed by atoms with Gasteiger partial charge in [0.1, 0.15) is 5.82 Å². The first kappa shape index (κ1) is 28.4. The summed E-state index contributed by atoms with van der Waals surface area (Å²) in [4.78, 5) is 14.0. The van der Waals surface area contributed by atoms with Crippen LogP contribution in [0, 0.1) is 6.92 Å². The quantitative estimate of drug-likeness (QED) is 0.241. The van der Waals surface area contributed by atoms with Crippen LogP contribution in [0.1, 0.15) is 55.1 Å². The van der Waals surface area contributed by atoms with E-state index in [0.717, 1.165) is 47.9 Å². The number of hydrogen-bond donors (Lipinski definition) is 1. The largest absolute Gasteiger partial charge is 0.417 e. The normalized spacial score (nSPS) is 15.3. The number of halogens is 3. The molecule has 4 aromatic rings. The Morgan fingerprint density at radius 2 is 1.88 bits per heavy atom. The van der Waals surface area contributed by atoms with E-state index in [2.05, 4.69) is 28.6 Å². The lowest BCUT2D eigenvalue weighted by Crippen LogP contribution is -2.37. The van der Waals surface area contributed by atoms with Crippen molar-refractivity contribution in [3.63, 3.8) is 0 Å². The fourth-order valence-electron chi connectivity index (χ4n) is 5.83. The fourth-order valence-corrected chi connectivity index (χ4v) is 5.83. The Labute approximate surface area is 237 Å². The van der Waals surface area contributed by atoms with E-state index in [1.54, 1.807) is 18.2 Å². The summed E-state index contributed by atoms with van der Waals surface area (Å²) in [6, 6.07) is 13.1. The number of aryl methyl sites for hydroxylation is 2. The van der Waals surface area contributed by atoms with E-state index in [0.29, 0.717) is 30.7 Å². The molecule has 0 radical (unpaired) electrons. The molecule has 216 valence electrons. The summed E-state index contributed by atoms with van der Waals surface area (Å²) in [5.41, 5.74) is 2.63. The van der Waals surface area contributed by atoms with E-state index in [1.807, 2.05) is 35.7 Å². The van der Waals surface area contributed by atoms with Gasteiger partial charge >= 0.3 is 6.18 Å². The molecular formula is C31H35F3N6O. The second-order valence-electron chi connectivity index (χ2n) is 10.8. The maximum absolute atomic E-state index is 13.8. The molecule has 0 bridgehead atoms. The lowest BCUT2D eigenvalue weighted by molar-refractivity contribution is -0.137. The fraction of sp³-hybridized carbons (Fsp3) is 0.387. The first-order valence-electron chi connectivity index (χ1n) is 13.9. The molecule has 1 amide bonds. The smallest absolute Gasteiger partial charge is 0.370 e. The molecule has 1 N–H and O–H groups in total. The van der Waals surface area contributed by atoms with Gasteiger partial charge in [0.2, 0.25) is 5.91 Å². The minimum absolute atomic E-state index is 0.0259. The topological polar surface area (TPSA) is 68.0 Å². The van der Waals surface area contributed by atoms with Crippen LogP contribution in [0.2, 0.25) is 0 Å². The number of hydrogen-bond acceptors (Lipinski definition) is 4. The van der Waals surface area contributed by atoms with E-state index in [-0.39, 0.29) is 23.4 Å². The maximum atomic E-state index is 13.8. The maximum Gasteiger partial charge on any atom is 0.417 e. The van der Waals surface area contributed by atoms with Crippen LogP contribution in [-0.4, -0.2) is 50.0 Å². The summed E-state index contributed by atoms with van der Waals surface area (Å²) >= 11 is 0. The average molecular weight is 565 g/mol. The van der Waals surface area contributed by atoms with Crippen LogP contribution >= 0.6 is 0 Å². The zero-order valence-corrected chi connectivity index (χ0v) is 23.6. The van der Waals surface area contributed by atoms with Crippen molar-refractivity contribution in [2.75, 3.05) is 25.0 Å². The van der Waals surface area contributed by atoms with Crippen LogP contribution in [0.5, 0.6) is 0 Å². The minimum Gasteiger partial charge on any atom is -0.370 e. The number of anilines is 1. The molecule has 0 spiro atoms. The third-order valence-corrected chi connectivity index (χ3v) is 7.94. The Balaban J connectivity index is 1.48. The number of rotatable bonds is 8. The number of likely N-dealkylation sites (tertiary alicyclic amines) is 1. The molecule has 41 heavy (non-hydrogen) atoms. The predicted octanol–water partition coefficient (Wildman–Crippen LogP) is 6.72. The van der Waals surface area contributed by atoms with Gasteiger partial charge in [0.25, 0.3) is 0 Å². The average Bonchev–Trinajstić information content (AvgIpc) is 3.50. The van der Waals surface area contributed by atoms with E-state index >= 15 is 0 Å². The summed E-state index contributed by atoms with van der Waals surface area (Å²) in [6.45, 7) is 9.61. The highest BCUT2D eigenvalue weighted by molar-refractivity contribution is 5.88. The number of carbonyl (C=O) groups is 1. The number of piperidine rings is 1. The van der Waals surface area contributed by atoms with Crippen LogP contribution in [0.4, 0.5) is 19.0 Å². The van der Waals surface area contributed by atoms with Crippen molar-refractivity contribution in [3.8, 4) is 11.1 Å². The van der Waals surface area contributed by atoms with Crippen molar-refractivity contribution in [3.05, 3.63) is 78.1 Å². The van der Waals surface area contributed by atoms with Crippen molar-refractivity contribution >= 4 is 22.6 Å². The monoisotopic (exact) mass is 564 g/mol. The highest BCUT2D eigenvalue weighted by atomic mass is 19.4. The molecule has 2 aromatic carbocycles. The Hall–Kier alpha value is -4.08. The van der Waals surface area contributed by atoms with E-state index < -0.39 is 11.7 Å². The number of nitrogens with zero attached hydrogens (tertiary/aromatic N) is 5. The van der Waals surface area contributed by atoms with Crippen molar-refractivity contribution in [1.29, 1.82) is 0 Å². The van der Waals surface area contributed by atoms with Gasteiger partial charge in [-0.1, -0.05) is 36.9 Å². The molecule has 0 aliphatic carbocycles. The molecule has 3 heterocycles. The summed E-state index contributed by atoms with van der Waals surface area (Å²) < 4.78 is 45.2. The summed E-state index contributed by atoms with van der Waals surface area (Å²) in [6.07, 6.45) is -0.778. The molecule has 1 aliphatic heterocycles. The van der Waals surface area contributed by atoms with E-state index in [9.17, 15) is 18.0 Å². The molecule has 1 fully saturated rings. The minimum atomic E-state index is -4.46.